The van der Waals surface area contributed by atoms with Gasteiger partial charge in [0.15, 0.2) is 17.7 Å². The second kappa shape index (κ2) is 3.65. The Labute approximate surface area is 80.9 Å². The number of hydrogen-bond acceptors (Lipinski definition) is 2. The van der Waals surface area contributed by atoms with Gasteiger partial charge in [-0.05, 0) is 12.1 Å². The Kier molecular flexibility index (Phi) is 2.35. The van der Waals surface area contributed by atoms with Crippen molar-refractivity contribution in [3.8, 4) is 5.75 Å². The molecule has 0 saturated carbocycles. The van der Waals surface area contributed by atoms with Gasteiger partial charge in [-0.1, -0.05) is 12.1 Å². The molecule has 0 radical (unpaired) electrons. The Morgan fingerprint density at radius 1 is 1.43 bits per heavy atom. The maximum absolute atomic E-state index is 13.1. The summed E-state index contributed by atoms with van der Waals surface area (Å²) < 4.78 is 18.3. The van der Waals surface area contributed by atoms with Crippen LogP contribution in [0.2, 0.25) is 0 Å². The van der Waals surface area contributed by atoms with Gasteiger partial charge in [0, 0.05) is 13.0 Å². The topological polar surface area (TPSA) is 38.3 Å². The van der Waals surface area contributed by atoms with E-state index in [0.717, 1.165) is 0 Å². The molecule has 1 atom stereocenters. The van der Waals surface area contributed by atoms with E-state index >= 15 is 0 Å². The number of rotatable bonds is 2. The molecule has 1 aromatic carbocycles. The molecule has 14 heavy (non-hydrogen) atoms. The van der Waals surface area contributed by atoms with Crippen LogP contribution in [0.25, 0.3) is 0 Å². The van der Waals surface area contributed by atoms with Crippen molar-refractivity contribution in [3.63, 3.8) is 0 Å². The summed E-state index contributed by atoms with van der Waals surface area (Å²) in [5.41, 5.74) is 0. The van der Waals surface area contributed by atoms with Gasteiger partial charge in [-0.25, -0.2) is 4.39 Å². The summed E-state index contributed by atoms with van der Waals surface area (Å²) >= 11 is 0. The molecule has 1 aliphatic heterocycles. The third-order valence-electron chi connectivity index (χ3n) is 2.10. The summed E-state index contributed by atoms with van der Waals surface area (Å²) in [6.45, 7) is 0.595. The molecule has 1 amide bonds. The first-order valence-electron chi connectivity index (χ1n) is 4.46. The Morgan fingerprint density at radius 3 is 2.86 bits per heavy atom. The molecule has 74 valence electrons. The smallest absolute Gasteiger partial charge is 0.261 e. The molecule has 1 N–H and O–H groups in total. The van der Waals surface area contributed by atoms with E-state index in [1.807, 2.05) is 0 Å². The van der Waals surface area contributed by atoms with Crippen molar-refractivity contribution in [2.45, 2.75) is 12.5 Å². The molecule has 1 unspecified atom stereocenters. The second-order valence-corrected chi connectivity index (χ2v) is 3.12. The van der Waals surface area contributed by atoms with Crippen LogP contribution < -0.4 is 10.1 Å². The lowest BCUT2D eigenvalue weighted by Gasteiger charge is -2.10. The minimum atomic E-state index is -0.549. The first-order valence-corrected chi connectivity index (χ1v) is 4.46. The normalized spacial score (nSPS) is 20.6. The molecular weight excluding hydrogens is 185 g/mol. The van der Waals surface area contributed by atoms with Crippen molar-refractivity contribution < 1.29 is 13.9 Å². The zero-order valence-electron chi connectivity index (χ0n) is 7.50. The standard InChI is InChI=1S/C10H10FNO2/c11-7-3-1-2-4-8(7)14-9-5-6-12-10(9)13/h1-4,9H,5-6H2,(H,12,13). The summed E-state index contributed by atoms with van der Waals surface area (Å²) in [4.78, 5) is 11.1. The summed E-state index contributed by atoms with van der Waals surface area (Å²) in [6, 6.07) is 6.07. The molecule has 1 aliphatic rings. The van der Waals surface area contributed by atoms with Gasteiger partial charge in [0.2, 0.25) is 0 Å². The highest BCUT2D eigenvalue weighted by Gasteiger charge is 2.26. The average molecular weight is 195 g/mol. The van der Waals surface area contributed by atoms with Crippen LogP contribution in [0.3, 0.4) is 0 Å². The maximum atomic E-state index is 13.1. The number of carbonyl (C=O) groups excluding carboxylic acids is 1. The number of nitrogens with one attached hydrogen (secondary N) is 1. The number of benzene rings is 1. The second-order valence-electron chi connectivity index (χ2n) is 3.12. The van der Waals surface area contributed by atoms with E-state index in [9.17, 15) is 9.18 Å². The monoisotopic (exact) mass is 195 g/mol. The fourth-order valence-corrected chi connectivity index (χ4v) is 1.38. The molecule has 0 bridgehead atoms. The average Bonchev–Trinajstić information content (AvgIpc) is 2.56. The first kappa shape index (κ1) is 8.99. The van der Waals surface area contributed by atoms with Crippen molar-refractivity contribution in [2.75, 3.05) is 6.54 Å². The molecule has 2 rings (SSSR count). The summed E-state index contributed by atoms with van der Waals surface area (Å²) in [7, 11) is 0. The van der Waals surface area contributed by atoms with Crippen LogP contribution in [0.5, 0.6) is 5.75 Å². The van der Waals surface area contributed by atoms with E-state index in [1.54, 1.807) is 12.1 Å². The number of hydrogen-bond donors (Lipinski definition) is 1. The van der Waals surface area contributed by atoms with E-state index in [1.165, 1.54) is 12.1 Å². The maximum Gasteiger partial charge on any atom is 0.261 e. The zero-order valence-corrected chi connectivity index (χ0v) is 7.50. The number of ether oxygens (including phenoxy) is 1. The summed E-state index contributed by atoms with van der Waals surface area (Å²) in [5.74, 6) is -0.477. The van der Waals surface area contributed by atoms with Gasteiger partial charge in [-0.3, -0.25) is 4.79 Å². The Balaban J connectivity index is 2.10. The SMILES string of the molecule is O=C1NCCC1Oc1ccccc1F. The molecule has 1 aromatic rings. The highest BCUT2D eigenvalue weighted by Crippen LogP contribution is 2.19. The number of halogens is 1. The molecule has 1 heterocycles. The van der Waals surface area contributed by atoms with Gasteiger partial charge < -0.3 is 10.1 Å². The number of amides is 1. The third kappa shape index (κ3) is 1.69. The predicted octanol–water partition coefficient (Wildman–Crippen LogP) is 1.09. The lowest BCUT2D eigenvalue weighted by Crippen LogP contribution is -2.27. The zero-order chi connectivity index (χ0) is 9.97. The molecule has 0 aromatic heterocycles. The van der Waals surface area contributed by atoms with Crippen LogP contribution >= 0.6 is 0 Å². The number of carbonyl (C=O) groups is 1. The van der Waals surface area contributed by atoms with Gasteiger partial charge in [0.1, 0.15) is 0 Å². The van der Waals surface area contributed by atoms with Crippen molar-refractivity contribution in [1.82, 2.24) is 5.32 Å². The van der Waals surface area contributed by atoms with Crippen molar-refractivity contribution >= 4 is 5.91 Å². The summed E-state index contributed by atoms with van der Waals surface area (Å²) in [6.07, 6.45) is 0.0413. The van der Waals surface area contributed by atoms with Crippen LogP contribution in [-0.2, 0) is 4.79 Å². The highest BCUT2D eigenvalue weighted by atomic mass is 19.1. The largest absolute Gasteiger partial charge is 0.477 e. The predicted molar refractivity (Wildman–Crippen MR) is 48.4 cm³/mol. The van der Waals surface area contributed by atoms with E-state index in [0.29, 0.717) is 13.0 Å². The molecule has 3 nitrogen and oxygen atoms in total. The first-order chi connectivity index (χ1) is 6.77. The van der Waals surface area contributed by atoms with E-state index in [2.05, 4.69) is 5.32 Å². The van der Waals surface area contributed by atoms with Crippen LogP contribution in [0.4, 0.5) is 4.39 Å². The fourth-order valence-electron chi connectivity index (χ4n) is 1.38. The van der Waals surface area contributed by atoms with Gasteiger partial charge in [0.25, 0.3) is 5.91 Å². The molecule has 4 heteroatoms. The van der Waals surface area contributed by atoms with Crippen molar-refractivity contribution in [3.05, 3.63) is 30.1 Å². The lowest BCUT2D eigenvalue weighted by molar-refractivity contribution is -0.124. The lowest BCUT2D eigenvalue weighted by atomic mass is 10.3. The molecule has 1 saturated heterocycles. The fraction of sp³-hybridized carbons (Fsp3) is 0.300. The van der Waals surface area contributed by atoms with Gasteiger partial charge >= 0.3 is 0 Å². The third-order valence-corrected chi connectivity index (χ3v) is 2.10. The Hall–Kier alpha value is -1.58. The quantitative estimate of drug-likeness (QED) is 0.767. The minimum absolute atomic E-state index is 0.134. The van der Waals surface area contributed by atoms with Crippen LogP contribution in [0, 0.1) is 5.82 Å². The molecule has 0 spiro atoms. The van der Waals surface area contributed by atoms with Crippen molar-refractivity contribution in [1.29, 1.82) is 0 Å². The number of para-hydroxylation sites is 1. The van der Waals surface area contributed by atoms with Gasteiger partial charge in [-0.2, -0.15) is 0 Å². The summed E-state index contributed by atoms with van der Waals surface area (Å²) in [5, 5.41) is 2.62. The molecule has 1 fully saturated rings. The Bertz CT molecular complexity index is 354. The Morgan fingerprint density at radius 2 is 2.21 bits per heavy atom. The minimum Gasteiger partial charge on any atom is -0.477 e. The van der Waals surface area contributed by atoms with Gasteiger partial charge in [-0.15, -0.1) is 0 Å². The van der Waals surface area contributed by atoms with Crippen LogP contribution in [0.1, 0.15) is 6.42 Å². The van der Waals surface area contributed by atoms with Gasteiger partial charge in [0.05, 0.1) is 0 Å². The molecular formula is C10H10FNO2. The van der Waals surface area contributed by atoms with E-state index in [-0.39, 0.29) is 11.7 Å². The van der Waals surface area contributed by atoms with Crippen LogP contribution in [-0.4, -0.2) is 18.6 Å². The van der Waals surface area contributed by atoms with Crippen molar-refractivity contribution in [2.24, 2.45) is 0 Å². The van der Waals surface area contributed by atoms with Crippen LogP contribution in [0.15, 0.2) is 24.3 Å². The molecule has 0 aliphatic carbocycles. The highest BCUT2D eigenvalue weighted by molar-refractivity contribution is 5.83. The van der Waals surface area contributed by atoms with E-state index in [4.69, 9.17) is 4.74 Å². The van der Waals surface area contributed by atoms with E-state index < -0.39 is 11.9 Å².